The normalized spacial score (nSPS) is 22.0. The van der Waals surface area contributed by atoms with Gasteiger partial charge in [-0.25, -0.2) is 12.8 Å². The summed E-state index contributed by atoms with van der Waals surface area (Å²) in [5.41, 5.74) is 0. The number of rotatable bonds is 7. The van der Waals surface area contributed by atoms with Crippen molar-refractivity contribution in [2.75, 3.05) is 39.3 Å². The van der Waals surface area contributed by atoms with Gasteiger partial charge in [0, 0.05) is 19.6 Å². The van der Waals surface area contributed by atoms with Crippen LogP contribution in [0.2, 0.25) is 0 Å². The van der Waals surface area contributed by atoms with Crippen molar-refractivity contribution in [3.8, 4) is 0 Å². The van der Waals surface area contributed by atoms with Crippen LogP contribution < -0.4 is 5.32 Å². The molecule has 27 heavy (non-hydrogen) atoms. The largest absolute Gasteiger partial charge is 0.356 e. The summed E-state index contributed by atoms with van der Waals surface area (Å²) >= 11 is 0. The highest BCUT2D eigenvalue weighted by atomic mass is 32.2. The lowest BCUT2D eigenvalue weighted by molar-refractivity contribution is -0.126. The van der Waals surface area contributed by atoms with E-state index in [0.717, 1.165) is 38.2 Å². The molecule has 2 aliphatic heterocycles. The number of benzene rings is 1. The van der Waals surface area contributed by atoms with Crippen molar-refractivity contribution in [2.24, 2.45) is 5.92 Å². The number of nitrogens with one attached hydrogen (secondary N) is 1. The van der Waals surface area contributed by atoms with Crippen molar-refractivity contribution in [3.05, 3.63) is 30.1 Å². The van der Waals surface area contributed by atoms with E-state index in [9.17, 15) is 17.6 Å². The molecular weight excluding hydrogens is 369 g/mol. The maximum atomic E-state index is 13.1. The molecule has 8 heteroatoms. The van der Waals surface area contributed by atoms with E-state index in [1.54, 1.807) is 0 Å². The summed E-state index contributed by atoms with van der Waals surface area (Å²) in [4.78, 5) is 14.9. The van der Waals surface area contributed by atoms with Gasteiger partial charge in [-0.1, -0.05) is 0 Å². The van der Waals surface area contributed by atoms with Crippen LogP contribution in [0.15, 0.2) is 29.2 Å². The molecule has 0 spiro atoms. The quantitative estimate of drug-likeness (QED) is 0.713. The second kappa shape index (κ2) is 9.12. The van der Waals surface area contributed by atoms with Crippen LogP contribution in [0.25, 0.3) is 0 Å². The summed E-state index contributed by atoms with van der Waals surface area (Å²) in [5, 5.41) is 2.96. The zero-order chi connectivity index (χ0) is 19.3. The minimum Gasteiger partial charge on any atom is -0.356 e. The second-order valence-corrected chi connectivity index (χ2v) is 9.29. The topological polar surface area (TPSA) is 69.7 Å². The van der Waals surface area contributed by atoms with E-state index in [1.165, 1.54) is 29.3 Å². The number of carbonyl (C=O) groups excluding carboxylic acids is 1. The predicted octanol–water partition coefficient (Wildman–Crippen LogP) is 1.83. The molecule has 2 saturated heterocycles. The molecule has 2 heterocycles. The number of piperidine rings is 1. The van der Waals surface area contributed by atoms with Crippen LogP contribution >= 0.6 is 0 Å². The van der Waals surface area contributed by atoms with Crippen molar-refractivity contribution >= 4 is 15.9 Å². The Hall–Kier alpha value is -1.51. The van der Waals surface area contributed by atoms with E-state index in [4.69, 9.17) is 0 Å². The van der Waals surface area contributed by atoms with Gasteiger partial charge in [0.25, 0.3) is 0 Å². The standard InChI is InChI=1S/C19H28FN3O3S/c20-17-6-8-18(9-7-17)27(25,26)23-14-3-5-16(15-23)19(24)21-10-4-13-22-11-1-2-12-22/h6-9,16H,1-5,10-15H2,(H,21,24)/t16-/m0/s1. The highest BCUT2D eigenvalue weighted by molar-refractivity contribution is 7.89. The summed E-state index contributed by atoms with van der Waals surface area (Å²) in [7, 11) is -3.70. The second-order valence-electron chi connectivity index (χ2n) is 7.35. The number of hydrogen-bond acceptors (Lipinski definition) is 4. The van der Waals surface area contributed by atoms with Gasteiger partial charge in [0.05, 0.1) is 10.8 Å². The Labute approximate surface area is 160 Å². The number of sulfonamides is 1. The lowest BCUT2D eigenvalue weighted by Crippen LogP contribution is -2.45. The molecule has 0 unspecified atom stereocenters. The smallest absolute Gasteiger partial charge is 0.243 e. The molecule has 1 atom stereocenters. The summed E-state index contributed by atoms with van der Waals surface area (Å²) in [6, 6.07) is 4.82. The minimum absolute atomic E-state index is 0.0653. The predicted molar refractivity (Wildman–Crippen MR) is 101 cm³/mol. The number of halogens is 1. The van der Waals surface area contributed by atoms with E-state index in [1.807, 2.05) is 0 Å². The van der Waals surface area contributed by atoms with E-state index in [-0.39, 0.29) is 23.3 Å². The third kappa shape index (κ3) is 5.27. The average molecular weight is 398 g/mol. The summed E-state index contributed by atoms with van der Waals surface area (Å²) in [5.74, 6) is -0.880. The van der Waals surface area contributed by atoms with Gasteiger partial charge in [-0.3, -0.25) is 4.79 Å². The molecule has 1 N–H and O–H groups in total. The lowest BCUT2D eigenvalue weighted by Gasteiger charge is -2.31. The molecule has 1 aromatic rings. The van der Waals surface area contributed by atoms with Crippen molar-refractivity contribution in [1.82, 2.24) is 14.5 Å². The zero-order valence-electron chi connectivity index (χ0n) is 15.6. The van der Waals surface area contributed by atoms with Crippen molar-refractivity contribution in [1.29, 1.82) is 0 Å². The Balaban J connectivity index is 1.50. The fourth-order valence-electron chi connectivity index (χ4n) is 3.80. The summed E-state index contributed by atoms with van der Waals surface area (Å²) in [6.07, 6.45) is 4.76. The molecule has 3 rings (SSSR count). The van der Waals surface area contributed by atoms with E-state index < -0.39 is 15.8 Å². The molecular formula is C19H28FN3O3S. The third-order valence-electron chi connectivity index (χ3n) is 5.36. The van der Waals surface area contributed by atoms with Crippen LogP contribution in [0.3, 0.4) is 0 Å². The van der Waals surface area contributed by atoms with E-state index in [0.29, 0.717) is 25.9 Å². The number of amides is 1. The van der Waals surface area contributed by atoms with E-state index >= 15 is 0 Å². The van der Waals surface area contributed by atoms with Crippen LogP contribution in [0.4, 0.5) is 4.39 Å². The summed E-state index contributed by atoms with van der Waals surface area (Å²) in [6.45, 7) is 4.47. The molecule has 0 aliphatic carbocycles. The Morgan fingerprint density at radius 1 is 1.11 bits per heavy atom. The fraction of sp³-hybridized carbons (Fsp3) is 0.632. The van der Waals surface area contributed by atoms with Crippen molar-refractivity contribution < 1.29 is 17.6 Å². The highest BCUT2D eigenvalue weighted by Crippen LogP contribution is 2.24. The van der Waals surface area contributed by atoms with Gasteiger partial charge >= 0.3 is 0 Å². The van der Waals surface area contributed by atoms with Crippen LogP contribution in [0.5, 0.6) is 0 Å². The van der Waals surface area contributed by atoms with Gasteiger partial charge < -0.3 is 10.2 Å². The van der Waals surface area contributed by atoms with E-state index in [2.05, 4.69) is 10.2 Å². The van der Waals surface area contributed by atoms with Crippen LogP contribution in [0, 0.1) is 11.7 Å². The zero-order valence-corrected chi connectivity index (χ0v) is 16.4. The molecule has 2 fully saturated rings. The van der Waals surface area contributed by atoms with Crippen LogP contribution in [-0.4, -0.2) is 62.8 Å². The first-order chi connectivity index (χ1) is 13.0. The van der Waals surface area contributed by atoms with Gasteiger partial charge in [-0.05, 0) is 76.0 Å². The van der Waals surface area contributed by atoms with Crippen molar-refractivity contribution in [3.63, 3.8) is 0 Å². The summed E-state index contributed by atoms with van der Waals surface area (Å²) < 4.78 is 39.9. The first kappa shape index (κ1) is 20.2. The Morgan fingerprint density at radius 3 is 2.52 bits per heavy atom. The van der Waals surface area contributed by atoms with Crippen LogP contribution in [0.1, 0.15) is 32.1 Å². The number of carbonyl (C=O) groups is 1. The molecule has 0 bridgehead atoms. The Kier molecular flexibility index (Phi) is 6.83. The molecule has 0 aromatic heterocycles. The molecule has 2 aliphatic rings. The number of hydrogen-bond donors (Lipinski definition) is 1. The molecule has 0 saturated carbocycles. The van der Waals surface area contributed by atoms with Gasteiger partial charge in [0.1, 0.15) is 5.82 Å². The first-order valence-electron chi connectivity index (χ1n) is 9.72. The first-order valence-corrected chi connectivity index (χ1v) is 11.2. The molecule has 0 radical (unpaired) electrons. The van der Waals surface area contributed by atoms with Gasteiger partial charge in [0.2, 0.25) is 15.9 Å². The number of nitrogens with zero attached hydrogens (tertiary/aromatic N) is 2. The molecule has 150 valence electrons. The molecule has 1 aromatic carbocycles. The lowest BCUT2D eigenvalue weighted by atomic mass is 9.99. The van der Waals surface area contributed by atoms with Gasteiger partial charge in [-0.2, -0.15) is 4.31 Å². The Bertz CT molecular complexity index is 733. The highest BCUT2D eigenvalue weighted by Gasteiger charge is 2.33. The monoisotopic (exact) mass is 397 g/mol. The maximum absolute atomic E-state index is 13.1. The number of likely N-dealkylation sites (tertiary alicyclic amines) is 1. The average Bonchev–Trinajstić information content (AvgIpc) is 3.19. The van der Waals surface area contributed by atoms with Crippen LogP contribution in [-0.2, 0) is 14.8 Å². The van der Waals surface area contributed by atoms with Gasteiger partial charge in [0.15, 0.2) is 0 Å². The third-order valence-corrected chi connectivity index (χ3v) is 7.23. The Morgan fingerprint density at radius 2 is 1.81 bits per heavy atom. The molecule has 1 amide bonds. The van der Waals surface area contributed by atoms with Crippen molar-refractivity contribution in [2.45, 2.75) is 37.0 Å². The fourth-order valence-corrected chi connectivity index (χ4v) is 5.32. The SMILES string of the molecule is O=C(NCCCN1CCCC1)[C@H]1CCCN(S(=O)(=O)c2ccc(F)cc2)C1. The minimum atomic E-state index is -3.70. The molecule has 6 nitrogen and oxygen atoms in total. The van der Waals surface area contributed by atoms with Gasteiger partial charge in [-0.15, -0.1) is 0 Å². The maximum Gasteiger partial charge on any atom is 0.243 e.